The first-order valence-corrected chi connectivity index (χ1v) is 9.49. The molecule has 1 atom stereocenters. The molecule has 1 aliphatic heterocycles. The van der Waals surface area contributed by atoms with Crippen LogP contribution in [0.5, 0.6) is 0 Å². The highest BCUT2D eigenvalue weighted by molar-refractivity contribution is 5.87. The van der Waals surface area contributed by atoms with Crippen molar-refractivity contribution in [2.24, 2.45) is 0 Å². The zero-order valence-electron chi connectivity index (χ0n) is 16.2. The molecule has 0 radical (unpaired) electrons. The third-order valence-electron chi connectivity index (χ3n) is 5.28. The lowest BCUT2D eigenvalue weighted by atomic mass is 9.79. The van der Waals surface area contributed by atoms with E-state index in [1.807, 2.05) is 4.90 Å². The Morgan fingerprint density at radius 3 is 2.07 bits per heavy atom. The van der Waals surface area contributed by atoms with Crippen LogP contribution < -0.4 is 0 Å². The van der Waals surface area contributed by atoms with Crippen molar-refractivity contribution in [3.05, 3.63) is 71.3 Å². The highest BCUT2D eigenvalue weighted by Gasteiger charge is 2.50. The van der Waals surface area contributed by atoms with Crippen LogP contribution in [0.1, 0.15) is 30.9 Å². The van der Waals surface area contributed by atoms with Gasteiger partial charge in [0.25, 0.3) is 0 Å². The second kappa shape index (κ2) is 8.80. The number of ether oxygens (including phenoxy) is 2. The van der Waals surface area contributed by atoms with E-state index in [2.05, 4.69) is 0 Å². The van der Waals surface area contributed by atoms with Crippen LogP contribution in [0.4, 0.5) is 8.78 Å². The van der Waals surface area contributed by atoms with Crippen molar-refractivity contribution in [2.45, 2.75) is 31.4 Å². The molecule has 1 heterocycles. The van der Waals surface area contributed by atoms with E-state index >= 15 is 0 Å². The Kier molecular flexibility index (Phi) is 6.42. The molecule has 3 rings (SSSR count). The smallest absolute Gasteiger partial charge is 0.335 e. The average molecular weight is 389 g/mol. The van der Waals surface area contributed by atoms with Gasteiger partial charge in [-0.1, -0.05) is 24.3 Å². The van der Waals surface area contributed by atoms with Crippen LogP contribution in [-0.2, 0) is 19.8 Å². The van der Waals surface area contributed by atoms with Gasteiger partial charge in [-0.25, -0.2) is 13.6 Å². The number of nitrogens with zero attached hydrogens (tertiary/aromatic N) is 1. The molecule has 0 N–H and O–H groups in total. The quantitative estimate of drug-likeness (QED) is 0.703. The first-order chi connectivity index (χ1) is 13.5. The monoisotopic (exact) mass is 389 g/mol. The van der Waals surface area contributed by atoms with Crippen LogP contribution in [0.2, 0.25) is 0 Å². The SMILES string of the molecule is CCOC(=O)C(c1ccc(F)cc1)(c1ccc(F)cc1)N1CCCC(OC)C1. The predicted molar refractivity (Wildman–Crippen MR) is 102 cm³/mol. The van der Waals surface area contributed by atoms with Gasteiger partial charge in [-0.2, -0.15) is 0 Å². The summed E-state index contributed by atoms with van der Waals surface area (Å²) < 4.78 is 38.3. The number of hydrogen-bond acceptors (Lipinski definition) is 4. The molecular formula is C22H25F2NO3. The van der Waals surface area contributed by atoms with E-state index < -0.39 is 23.1 Å². The van der Waals surface area contributed by atoms with Crippen LogP contribution in [-0.4, -0.2) is 43.8 Å². The number of methoxy groups -OCH3 is 1. The summed E-state index contributed by atoms with van der Waals surface area (Å²) in [7, 11) is 1.65. The fraction of sp³-hybridized carbons (Fsp3) is 0.409. The fourth-order valence-electron chi connectivity index (χ4n) is 3.95. The third-order valence-corrected chi connectivity index (χ3v) is 5.28. The Morgan fingerprint density at radius 2 is 1.61 bits per heavy atom. The zero-order chi connectivity index (χ0) is 20.1. The number of esters is 1. The van der Waals surface area contributed by atoms with E-state index in [1.165, 1.54) is 24.3 Å². The average Bonchev–Trinajstić information content (AvgIpc) is 2.71. The first-order valence-electron chi connectivity index (χ1n) is 9.49. The molecule has 2 aromatic rings. The standard InChI is InChI=1S/C22H25F2NO3/c1-3-28-21(26)22(16-6-10-18(23)11-7-16,17-8-12-19(24)13-9-17)25-14-4-5-20(15-25)27-2/h6-13,20H,3-5,14-15H2,1-2H3. The van der Waals surface area contributed by atoms with Crippen molar-refractivity contribution in [2.75, 3.05) is 26.8 Å². The van der Waals surface area contributed by atoms with Gasteiger partial charge in [0.2, 0.25) is 0 Å². The Hall–Kier alpha value is -2.31. The van der Waals surface area contributed by atoms with Gasteiger partial charge >= 0.3 is 5.97 Å². The largest absolute Gasteiger partial charge is 0.464 e. The molecule has 1 saturated heterocycles. The number of rotatable bonds is 6. The second-order valence-electron chi connectivity index (χ2n) is 6.89. The number of carbonyl (C=O) groups is 1. The van der Waals surface area contributed by atoms with Gasteiger partial charge < -0.3 is 9.47 Å². The van der Waals surface area contributed by atoms with Crippen LogP contribution in [0.15, 0.2) is 48.5 Å². The Morgan fingerprint density at radius 1 is 1.07 bits per heavy atom. The van der Waals surface area contributed by atoms with E-state index in [9.17, 15) is 13.6 Å². The molecule has 0 aliphatic carbocycles. The molecule has 4 nitrogen and oxygen atoms in total. The lowest BCUT2D eigenvalue weighted by molar-refractivity contribution is -0.158. The van der Waals surface area contributed by atoms with Crippen molar-refractivity contribution >= 4 is 5.97 Å². The summed E-state index contributed by atoms with van der Waals surface area (Å²) in [5.41, 5.74) is -0.152. The molecule has 6 heteroatoms. The minimum absolute atomic E-state index is 0.0385. The van der Waals surface area contributed by atoms with E-state index in [1.54, 1.807) is 38.3 Å². The van der Waals surface area contributed by atoms with Crippen LogP contribution >= 0.6 is 0 Å². The van der Waals surface area contributed by atoms with E-state index in [0.29, 0.717) is 24.2 Å². The number of hydrogen-bond donors (Lipinski definition) is 0. The van der Waals surface area contributed by atoms with Crippen LogP contribution in [0, 0.1) is 11.6 Å². The van der Waals surface area contributed by atoms with E-state index in [-0.39, 0.29) is 12.7 Å². The lowest BCUT2D eigenvalue weighted by Crippen LogP contribution is -2.57. The highest BCUT2D eigenvalue weighted by atomic mass is 19.1. The van der Waals surface area contributed by atoms with Crippen molar-refractivity contribution in [3.63, 3.8) is 0 Å². The summed E-state index contributed by atoms with van der Waals surface area (Å²) in [4.78, 5) is 15.4. The first kappa shape index (κ1) is 20.4. The summed E-state index contributed by atoms with van der Waals surface area (Å²) in [6.07, 6.45) is 1.68. The summed E-state index contributed by atoms with van der Waals surface area (Å²) in [5, 5.41) is 0. The minimum atomic E-state index is -1.31. The topological polar surface area (TPSA) is 38.8 Å². The molecule has 0 aromatic heterocycles. The predicted octanol–water partition coefficient (Wildman–Crippen LogP) is 3.88. The molecule has 150 valence electrons. The van der Waals surface area contributed by atoms with Gasteiger partial charge in [-0.15, -0.1) is 0 Å². The second-order valence-corrected chi connectivity index (χ2v) is 6.89. The van der Waals surface area contributed by atoms with Crippen molar-refractivity contribution in [3.8, 4) is 0 Å². The van der Waals surface area contributed by atoms with Gasteiger partial charge in [-0.3, -0.25) is 4.90 Å². The molecular weight excluding hydrogens is 364 g/mol. The van der Waals surface area contributed by atoms with Gasteiger partial charge in [0, 0.05) is 20.2 Å². The molecule has 2 aromatic carbocycles. The molecule has 0 bridgehead atoms. The van der Waals surface area contributed by atoms with E-state index in [4.69, 9.17) is 9.47 Å². The third kappa shape index (κ3) is 3.80. The summed E-state index contributed by atoms with van der Waals surface area (Å²) in [6, 6.07) is 11.7. The fourth-order valence-corrected chi connectivity index (χ4v) is 3.95. The number of carbonyl (C=O) groups excluding carboxylic acids is 1. The van der Waals surface area contributed by atoms with Gasteiger partial charge in [-0.05, 0) is 55.2 Å². The summed E-state index contributed by atoms with van der Waals surface area (Å²) >= 11 is 0. The zero-order valence-corrected chi connectivity index (χ0v) is 16.2. The summed E-state index contributed by atoms with van der Waals surface area (Å²) in [6.45, 7) is 3.08. The molecule has 0 spiro atoms. The molecule has 0 amide bonds. The Labute approximate surface area is 164 Å². The van der Waals surface area contributed by atoms with Crippen LogP contribution in [0.3, 0.4) is 0 Å². The lowest BCUT2D eigenvalue weighted by Gasteiger charge is -2.46. The van der Waals surface area contributed by atoms with Crippen LogP contribution in [0.25, 0.3) is 0 Å². The van der Waals surface area contributed by atoms with Crippen molar-refractivity contribution in [1.82, 2.24) is 4.90 Å². The molecule has 1 aliphatic rings. The van der Waals surface area contributed by atoms with Gasteiger partial charge in [0.05, 0.1) is 12.7 Å². The maximum Gasteiger partial charge on any atom is 0.335 e. The van der Waals surface area contributed by atoms with Gasteiger partial charge in [0.15, 0.2) is 5.54 Å². The summed E-state index contributed by atoms with van der Waals surface area (Å²) in [5.74, 6) is -1.26. The normalized spacial score (nSPS) is 18.1. The number of halogens is 2. The maximum absolute atomic E-state index is 13.6. The number of likely N-dealkylation sites (tertiary alicyclic amines) is 1. The maximum atomic E-state index is 13.6. The minimum Gasteiger partial charge on any atom is -0.464 e. The molecule has 1 unspecified atom stereocenters. The van der Waals surface area contributed by atoms with Crippen molar-refractivity contribution in [1.29, 1.82) is 0 Å². The Bertz CT molecular complexity index is 747. The highest BCUT2D eigenvalue weighted by Crippen LogP contribution is 2.40. The van der Waals surface area contributed by atoms with Gasteiger partial charge in [0.1, 0.15) is 11.6 Å². The van der Waals surface area contributed by atoms with Crippen molar-refractivity contribution < 1.29 is 23.0 Å². The number of benzene rings is 2. The molecule has 28 heavy (non-hydrogen) atoms. The number of piperidine rings is 1. The Balaban J connectivity index is 2.22. The van der Waals surface area contributed by atoms with E-state index in [0.717, 1.165) is 12.8 Å². The molecule has 1 fully saturated rings. The molecule has 0 saturated carbocycles.